The number of nitrogens with one attached hydrogen (secondary N) is 1. The second-order valence-corrected chi connectivity index (χ2v) is 5.47. The molecule has 22 heavy (non-hydrogen) atoms. The minimum Gasteiger partial charge on any atom is -0.381 e. The number of hydrogen-bond acceptors (Lipinski definition) is 4. The van der Waals surface area contributed by atoms with Crippen molar-refractivity contribution in [1.29, 1.82) is 0 Å². The second-order valence-electron chi connectivity index (χ2n) is 5.47. The van der Waals surface area contributed by atoms with Gasteiger partial charge in [-0.3, -0.25) is 4.79 Å². The molecule has 0 aliphatic heterocycles. The summed E-state index contributed by atoms with van der Waals surface area (Å²) in [4.78, 5) is 15.9. The van der Waals surface area contributed by atoms with Crippen LogP contribution in [-0.2, 0) is 4.74 Å². The average molecular weight is 302 g/mol. The summed E-state index contributed by atoms with van der Waals surface area (Å²) in [5.41, 5.74) is 1.50. The number of amides is 1. The van der Waals surface area contributed by atoms with E-state index in [9.17, 15) is 4.79 Å². The van der Waals surface area contributed by atoms with E-state index in [1.165, 1.54) is 6.33 Å². The average Bonchev–Trinajstić information content (AvgIpc) is 3.05. The Morgan fingerprint density at radius 1 is 1.32 bits per heavy atom. The summed E-state index contributed by atoms with van der Waals surface area (Å²) in [5.74, 6) is 0.465. The number of nitrogens with zero attached hydrogens (tertiary/aromatic N) is 3. The summed E-state index contributed by atoms with van der Waals surface area (Å²) in [6, 6.07) is 7.24. The van der Waals surface area contributed by atoms with Crippen molar-refractivity contribution in [2.24, 2.45) is 5.92 Å². The molecule has 0 atom stereocenters. The van der Waals surface area contributed by atoms with Gasteiger partial charge in [0.2, 0.25) is 0 Å². The van der Waals surface area contributed by atoms with Crippen LogP contribution in [0.4, 0.5) is 0 Å². The highest BCUT2D eigenvalue weighted by Crippen LogP contribution is 2.07. The molecule has 2 rings (SSSR count). The molecule has 1 amide bonds. The molecule has 0 saturated heterocycles. The summed E-state index contributed by atoms with van der Waals surface area (Å²) in [6.45, 7) is 6.28. The molecule has 0 radical (unpaired) electrons. The van der Waals surface area contributed by atoms with E-state index in [1.807, 2.05) is 12.1 Å². The molecule has 0 saturated carbocycles. The summed E-state index contributed by atoms with van der Waals surface area (Å²) < 4.78 is 7.12. The minimum absolute atomic E-state index is 0.0750. The molecule has 0 aliphatic rings. The van der Waals surface area contributed by atoms with Gasteiger partial charge in [0.1, 0.15) is 12.7 Å². The van der Waals surface area contributed by atoms with E-state index < -0.39 is 0 Å². The van der Waals surface area contributed by atoms with Gasteiger partial charge in [0.05, 0.1) is 5.69 Å². The first-order valence-corrected chi connectivity index (χ1v) is 7.48. The van der Waals surface area contributed by atoms with Crippen molar-refractivity contribution in [2.75, 3.05) is 19.8 Å². The molecule has 118 valence electrons. The number of aromatic nitrogens is 3. The zero-order valence-corrected chi connectivity index (χ0v) is 13.0. The van der Waals surface area contributed by atoms with Crippen LogP contribution in [0.5, 0.6) is 0 Å². The molecule has 6 heteroatoms. The Morgan fingerprint density at radius 2 is 2.09 bits per heavy atom. The lowest BCUT2D eigenvalue weighted by Gasteiger charge is -2.08. The Balaban J connectivity index is 1.73. The Kier molecular flexibility index (Phi) is 6.09. The summed E-state index contributed by atoms with van der Waals surface area (Å²) in [5, 5.41) is 6.93. The van der Waals surface area contributed by atoms with E-state index in [0.717, 1.165) is 18.7 Å². The predicted octanol–water partition coefficient (Wildman–Crippen LogP) is 2.06. The molecule has 0 unspecified atom stereocenters. The fourth-order valence-electron chi connectivity index (χ4n) is 1.90. The fraction of sp³-hybridized carbons (Fsp3) is 0.438. The van der Waals surface area contributed by atoms with Crippen molar-refractivity contribution >= 4 is 5.91 Å². The lowest BCUT2D eigenvalue weighted by atomic mass is 10.2. The molecule has 1 N–H and O–H groups in total. The molecule has 2 aromatic rings. The third-order valence-corrected chi connectivity index (χ3v) is 3.01. The predicted molar refractivity (Wildman–Crippen MR) is 84.0 cm³/mol. The van der Waals surface area contributed by atoms with Gasteiger partial charge >= 0.3 is 0 Å². The Bertz CT molecular complexity index is 564. The van der Waals surface area contributed by atoms with Gasteiger partial charge < -0.3 is 10.1 Å². The summed E-state index contributed by atoms with van der Waals surface area (Å²) >= 11 is 0. The number of carbonyl (C=O) groups excluding carboxylic acids is 1. The smallest absolute Gasteiger partial charge is 0.251 e. The maximum atomic E-state index is 12.0. The topological polar surface area (TPSA) is 69.0 Å². The maximum absolute atomic E-state index is 12.0. The van der Waals surface area contributed by atoms with E-state index in [2.05, 4.69) is 29.2 Å². The molecule has 0 fully saturated rings. The van der Waals surface area contributed by atoms with Gasteiger partial charge in [-0.15, -0.1) is 0 Å². The quantitative estimate of drug-likeness (QED) is 0.758. The molecular formula is C16H22N4O2. The molecule has 1 aromatic heterocycles. The number of ether oxygens (including phenoxy) is 1. The lowest BCUT2D eigenvalue weighted by molar-refractivity contribution is 0.0925. The Morgan fingerprint density at radius 3 is 2.73 bits per heavy atom. The zero-order chi connectivity index (χ0) is 15.8. The largest absolute Gasteiger partial charge is 0.381 e. The summed E-state index contributed by atoms with van der Waals surface area (Å²) in [7, 11) is 0. The Hall–Kier alpha value is -2.21. The second kappa shape index (κ2) is 8.29. The SMILES string of the molecule is CC(C)COCCCNC(=O)c1ccc(-n2cncn2)cc1. The molecule has 0 bridgehead atoms. The van der Waals surface area contributed by atoms with Crippen molar-refractivity contribution < 1.29 is 9.53 Å². The van der Waals surface area contributed by atoms with Crippen molar-refractivity contribution in [2.45, 2.75) is 20.3 Å². The molecule has 6 nitrogen and oxygen atoms in total. The zero-order valence-electron chi connectivity index (χ0n) is 13.0. The van der Waals surface area contributed by atoms with Crippen molar-refractivity contribution in [3.63, 3.8) is 0 Å². The first-order valence-electron chi connectivity index (χ1n) is 7.48. The van der Waals surface area contributed by atoms with E-state index >= 15 is 0 Å². The number of benzene rings is 1. The van der Waals surface area contributed by atoms with Crippen LogP contribution in [0.25, 0.3) is 5.69 Å². The number of hydrogen-bond donors (Lipinski definition) is 1. The molecular weight excluding hydrogens is 280 g/mol. The van der Waals surface area contributed by atoms with Gasteiger partial charge in [-0.25, -0.2) is 9.67 Å². The fourth-order valence-corrected chi connectivity index (χ4v) is 1.90. The highest BCUT2D eigenvalue weighted by molar-refractivity contribution is 5.94. The standard InChI is InChI=1S/C16H22N4O2/c1-13(2)10-22-9-3-8-18-16(21)14-4-6-15(7-5-14)20-12-17-11-19-20/h4-7,11-13H,3,8-10H2,1-2H3,(H,18,21). The number of carbonyl (C=O) groups is 1. The van der Waals surface area contributed by atoms with Crippen LogP contribution in [0.3, 0.4) is 0 Å². The third kappa shape index (κ3) is 4.96. The highest BCUT2D eigenvalue weighted by Gasteiger charge is 2.05. The first kappa shape index (κ1) is 16.2. The Labute approximate surface area is 130 Å². The van der Waals surface area contributed by atoms with Gasteiger partial charge in [-0.2, -0.15) is 5.10 Å². The van der Waals surface area contributed by atoms with Crippen LogP contribution in [0, 0.1) is 5.92 Å². The monoisotopic (exact) mass is 302 g/mol. The van der Waals surface area contributed by atoms with Crippen LogP contribution in [0.15, 0.2) is 36.9 Å². The van der Waals surface area contributed by atoms with E-state index in [-0.39, 0.29) is 5.91 Å². The first-order chi connectivity index (χ1) is 10.7. The minimum atomic E-state index is -0.0750. The molecule has 0 aliphatic carbocycles. The van der Waals surface area contributed by atoms with Crippen LogP contribution < -0.4 is 5.32 Å². The molecule has 0 spiro atoms. The van der Waals surface area contributed by atoms with E-state index in [4.69, 9.17) is 4.74 Å². The molecule has 1 aromatic carbocycles. The van der Waals surface area contributed by atoms with Gasteiger partial charge in [0, 0.05) is 25.3 Å². The van der Waals surface area contributed by atoms with Crippen molar-refractivity contribution in [1.82, 2.24) is 20.1 Å². The van der Waals surface area contributed by atoms with Gasteiger partial charge in [0.25, 0.3) is 5.91 Å². The van der Waals surface area contributed by atoms with Crippen LogP contribution in [0.1, 0.15) is 30.6 Å². The van der Waals surface area contributed by atoms with Crippen molar-refractivity contribution in [3.05, 3.63) is 42.5 Å². The van der Waals surface area contributed by atoms with E-state index in [1.54, 1.807) is 23.1 Å². The lowest BCUT2D eigenvalue weighted by Crippen LogP contribution is -2.25. The van der Waals surface area contributed by atoms with E-state index in [0.29, 0.717) is 24.6 Å². The van der Waals surface area contributed by atoms with Crippen LogP contribution in [0.2, 0.25) is 0 Å². The maximum Gasteiger partial charge on any atom is 0.251 e. The number of rotatable bonds is 8. The third-order valence-electron chi connectivity index (χ3n) is 3.01. The van der Waals surface area contributed by atoms with Crippen molar-refractivity contribution in [3.8, 4) is 5.69 Å². The normalized spacial score (nSPS) is 10.9. The highest BCUT2D eigenvalue weighted by atomic mass is 16.5. The van der Waals surface area contributed by atoms with Crippen LogP contribution >= 0.6 is 0 Å². The van der Waals surface area contributed by atoms with Gasteiger partial charge in [0.15, 0.2) is 0 Å². The van der Waals surface area contributed by atoms with Crippen LogP contribution in [-0.4, -0.2) is 40.4 Å². The van der Waals surface area contributed by atoms with Gasteiger partial charge in [-0.1, -0.05) is 13.8 Å². The van der Waals surface area contributed by atoms with Gasteiger partial charge in [-0.05, 0) is 36.6 Å². The molecule has 1 heterocycles. The summed E-state index contributed by atoms with van der Waals surface area (Å²) in [6.07, 6.45) is 3.91.